The summed E-state index contributed by atoms with van der Waals surface area (Å²) in [6, 6.07) is 4.91. The van der Waals surface area contributed by atoms with Crippen molar-refractivity contribution in [2.24, 2.45) is 0 Å². The van der Waals surface area contributed by atoms with E-state index in [0.717, 1.165) is 0 Å². The van der Waals surface area contributed by atoms with Crippen LogP contribution in [-0.4, -0.2) is 29.6 Å². The highest BCUT2D eigenvalue weighted by Crippen LogP contribution is 2.19. The molecular formula is C13H17BrN2O3. The maximum atomic E-state index is 11.7. The van der Waals surface area contributed by atoms with Gasteiger partial charge in [-0.3, -0.25) is 4.79 Å². The molecule has 6 heteroatoms. The molecule has 0 saturated heterocycles. The lowest BCUT2D eigenvalue weighted by molar-refractivity contribution is -0.116. The molecule has 0 saturated carbocycles. The largest absolute Gasteiger partial charge is 0.478 e. The number of halogens is 1. The predicted octanol–water partition coefficient (Wildman–Crippen LogP) is 2.47. The van der Waals surface area contributed by atoms with Gasteiger partial charge >= 0.3 is 5.97 Å². The van der Waals surface area contributed by atoms with Crippen LogP contribution in [0.1, 0.15) is 30.6 Å². The van der Waals surface area contributed by atoms with E-state index in [-0.39, 0.29) is 11.5 Å². The molecular weight excluding hydrogens is 312 g/mol. The standard InChI is InChI=1S/C13H17BrN2O3/c1-8(2)15-4-3-12(17)16-11-6-9(13(18)19)5-10(14)7-11/h5-8,15H,3-4H2,1-2H3,(H,16,17)(H,18,19). The SMILES string of the molecule is CC(C)NCCC(=O)Nc1cc(Br)cc(C(=O)O)c1. The van der Waals surface area contributed by atoms with Crippen molar-refractivity contribution in [2.45, 2.75) is 26.3 Å². The van der Waals surface area contributed by atoms with Gasteiger partial charge in [0.15, 0.2) is 0 Å². The maximum Gasteiger partial charge on any atom is 0.335 e. The van der Waals surface area contributed by atoms with Crippen molar-refractivity contribution >= 4 is 33.5 Å². The fourth-order valence-corrected chi connectivity index (χ4v) is 1.98. The second-order valence-electron chi connectivity index (χ2n) is 4.44. The number of aromatic carboxylic acids is 1. The van der Waals surface area contributed by atoms with E-state index in [2.05, 4.69) is 26.6 Å². The minimum absolute atomic E-state index is 0.130. The van der Waals surface area contributed by atoms with Gasteiger partial charge in [0, 0.05) is 29.2 Å². The van der Waals surface area contributed by atoms with E-state index in [4.69, 9.17) is 5.11 Å². The molecule has 5 nitrogen and oxygen atoms in total. The van der Waals surface area contributed by atoms with Gasteiger partial charge in [-0.05, 0) is 18.2 Å². The second-order valence-corrected chi connectivity index (χ2v) is 5.36. The second kappa shape index (κ2) is 7.25. The maximum absolute atomic E-state index is 11.7. The molecule has 104 valence electrons. The first-order chi connectivity index (χ1) is 8.88. The van der Waals surface area contributed by atoms with Crippen molar-refractivity contribution in [3.05, 3.63) is 28.2 Å². The van der Waals surface area contributed by atoms with Gasteiger partial charge in [-0.2, -0.15) is 0 Å². The number of anilines is 1. The Kier molecular flexibility index (Phi) is 5.98. The van der Waals surface area contributed by atoms with Crippen molar-refractivity contribution in [2.75, 3.05) is 11.9 Å². The fourth-order valence-electron chi connectivity index (χ4n) is 1.48. The van der Waals surface area contributed by atoms with Gasteiger partial charge < -0.3 is 15.7 Å². The number of carboxylic acid groups (broad SMARTS) is 1. The van der Waals surface area contributed by atoms with E-state index in [1.807, 2.05) is 13.8 Å². The highest BCUT2D eigenvalue weighted by Gasteiger charge is 2.08. The third-order valence-electron chi connectivity index (χ3n) is 2.33. The number of carbonyl (C=O) groups is 2. The van der Waals surface area contributed by atoms with Crippen molar-refractivity contribution in [3.8, 4) is 0 Å². The lowest BCUT2D eigenvalue weighted by atomic mass is 10.2. The van der Waals surface area contributed by atoms with Gasteiger partial charge in [-0.25, -0.2) is 4.79 Å². The number of amides is 1. The summed E-state index contributed by atoms with van der Waals surface area (Å²) in [5, 5.41) is 14.7. The Morgan fingerprint density at radius 2 is 2.00 bits per heavy atom. The van der Waals surface area contributed by atoms with Crippen LogP contribution < -0.4 is 10.6 Å². The molecule has 0 heterocycles. The Labute approximate surface area is 120 Å². The molecule has 0 unspecified atom stereocenters. The van der Waals surface area contributed by atoms with E-state index in [1.54, 1.807) is 6.07 Å². The average molecular weight is 329 g/mol. The van der Waals surface area contributed by atoms with Gasteiger partial charge in [0.2, 0.25) is 5.91 Å². The summed E-state index contributed by atoms with van der Waals surface area (Å²) in [7, 11) is 0. The minimum Gasteiger partial charge on any atom is -0.478 e. The van der Waals surface area contributed by atoms with Crippen LogP contribution in [0.25, 0.3) is 0 Å². The van der Waals surface area contributed by atoms with Gasteiger partial charge in [0.05, 0.1) is 5.56 Å². The first-order valence-corrected chi connectivity index (χ1v) is 6.75. The molecule has 0 aliphatic heterocycles. The van der Waals surface area contributed by atoms with E-state index >= 15 is 0 Å². The minimum atomic E-state index is -1.03. The van der Waals surface area contributed by atoms with E-state index in [9.17, 15) is 9.59 Å². The summed E-state index contributed by atoms with van der Waals surface area (Å²) in [6.07, 6.45) is 0.340. The summed E-state index contributed by atoms with van der Waals surface area (Å²) in [6.45, 7) is 4.60. The number of nitrogens with one attached hydrogen (secondary N) is 2. The van der Waals surface area contributed by atoms with Gasteiger partial charge in [0.25, 0.3) is 0 Å². The first kappa shape index (κ1) is 15.7. The normalized spacial score (nSPS) is 10.5. The van der Waals surface area contributed by atoms with E-state index in [1.165, 1.54) is 12.1 Å². The van der Waals surface area contributed by atoms with Crippen LogP contribution in [0.3, 0.4) is 0 Å². The summed E-state index contributed by atoms with van der Waals surface area (Å²) < 4.78 is 0.614. The summed E-state index contributed by atoms with van der Waals surface area (Å²) in [4.78, 5) is 22.6. The monoisotopic (exact) mass is 328 g/mol. The molecule has 3 N–H and O–H groups in total. The molecule has 1 amide bonds. The molecule has 0 atom stereocenters. The van der Waals surface area contributed by atoms with Crippen LogP contribution in [0.5, 0.6) is 0 Å². The van der Waals surface area contributed by atoms with Gasteiger partial charge in [-0.1, -0.05) is 29.8 Å². The van der Waals surface area contributed by atoms with Crippen molar-refractivity contribution in [1.29, 1.82) is 0 Å². The van der Waals surface area contributed by atoms with Crippen molar-refractivity contribution < 1.29 is 14.7 Å². The molecule has 0 fully saturated rings. The van der Waals surface area contributed by atoms with Crippen LogP contribution in [0.15, 0.2) is 22.7 Å². The quantitative estimate of drug-likeness (QED) is 0.749. The number of hydrogen-bond acceptors (Lipinski definition) is 3. The molecule has 0 aliphatic carbocycles. The lowest BCUT2D eigenvalue weighted by Crippen LogP contribution is -2.27. The number of carboxylic acids is 1. The summed E-state index contributed by atoms with van der Waals surface area (Å²) in [5.41, 5.74) is 0.603. The molecule has 1 rings (SSSR count). The third-order valence-corrected chi connectivity index (χ3v) is 2.79. The Bertz CT molecular complexity index is 475. The number of hydrogen-bond donors (Lipinski definition) is 3. The topological polar surface area (TPSA) is 78.4 Å². The number of rotatable bonds is 6. The average Bonchev–Trinajstić information content (AvgIpc) is 2.27. The summed E-state index contributed by atoms with van der Waals surface area (Å²) >= 11 is 3.22. The Morgan fingerprint density at radius 3 is 2.58 bits per heavy atom. The molecule has 1 aromatic carbocycles. The predicted molar refractivity (Wildman–Crippen MR) is 77.5 cm³/mol. The van der Waals surface area contributed by atoms with Gasteiger partial charge in [-0.15, -0.1) is 0 Å². The van der Waals surface area contributed by atoms with Crippen LogP contribution in [0, 0.1) is 0 Å². The molecule has 19 heavy (non-hydrogen) atoms. The zero-order chi connectivity index (χ0) is 14.4. The van der Waals surface area contributed by atoms with Crippen molar-refractivity contribution in [1.82, 2.24) is 5.32 Å². The van der Waals surface area contributed by atoms with Crippen LogP contribution in [0.2, 0.25) is 0 Å². The first-order valence-electron chi connectivity index (χ1n) is 5.95. The Balaban J connectivity index is 2.61. The zero-order valence-corrected chi connectivity index (χ0v) is 12.5. The van der Waals surface area contributed by atoms with Gasteiger partial charge in [0.1, 0.15) is 0 Å². The Hall–Kier alpha value is -1.40. The molecule has 1 aromatic rings. The molecule has 0 aliphatic rings. The van der Waals surface area contributed by atoms with Crippen LogP contribution in [0.4, 0.5) is 5.69 Å². The Morgan fingerprint density at radius 1 is 1.32 bits per heavy atom. The smallest absolute Gasteiger partial charge is 0.335 e. The molecule has 0 aromatic heterocycles. The van der Waals surface area contributed by atoms with Crippen LogP contribution >= 0.6 is 15.9 Å². The lowest BCUT2D eigenvalue weighted by Gasteiger charge is -2.09. The van der Waals surface area contributed by atoms with E-state index < -0.39 is 5.97 Å². The summed E-state index contributed by atoms with van der Waals surface area (Å²) in [5.74, 6) is -1.18. The highest BCUT2D eigenvalue weighted by molar-refractivity contribution is 9.10. The molecule has 0 spiro atoms. The number of benzene rings is 1. The zero-order valence-electron chi connectivity index (χ0n) is 10.9. The molecule has 0 radical (unpaired) electrons. The highest BCUT2D eigenvalue weighted by atomic mass is 79.9. The third kappa shape index (κ3) is 5.85. The molecule has 0 bridgehead atoms. The fraction of sp³-hybridized carbons (Fsp3) is 0.385. The van der Waals surface area contributed by atoms with E-state index in [0.29, 0.717) is 29.2 Å². The van der Waals surface area contributed by atoms with Crippen molar-refractivity contribution in [3.63, 3.8) is 0 Å². The van der Waals surface area contributed by atoms with Crippen LogP contribution in [-0.2, 0) is 4.79 Å². The number of carbonyl (C=O) groups excluding carboxylic acids is 1.